The SMILES string of the molecule is COC(=O)c1ccc(Cl)c2c1[C@@H]1C=CC[C@@H]1[C@@H](c1cccc(Br)c1)N2. The molecule has 0 saturated heterocycles. The van der Waals surface area contributed by atoms with Crippen molar-refractivity contribution in [1.29, 1.82) is 0 Å². The van der Waals surface area contributed by atoms with Crippen LogP contribution in [0.1, 0.15) is 39.9 Å². The summed E-state index contributed by atoms with van der Waals surface area (Å²) in [6, 6.07) is 12.0. The summed E-state index contributed by atoms with van der Waals surface area (Å²) in [7, 11) is 1.41. The number of benzene rings is 2. The predicted octanol–water partition coefficient (Wildman–Crippen LogP) is 5.72. The number of carbonyl (C=O) groups excluding carboxylic acids is 1. The highest BCUT2D eigenvalue weighted by atomic mass is 79.9. The number of nitrogens with one attached hydrogen (secondary N) is 1. The number of fused-ring (bicyclic) bond motifs is 3. The van der Waals surface area contributed by atoms with Crippen LogP contribution in [0.2, 0.25) is 5.02 Å². The summed E-state index contributed by atoms with van der Waals surface area (Å²) in [6.07, 6.45) is 5.35. The van der Waals surface area contributed by atoms with Crippen molar-refractivity contribution >= 4 is 39.2 Å². The van der Waals surface area contributed by atoms with Crippen LogP contribution in [-0.2, 0) is 4.74 Å². The van der Waals surface area contributed by atoms with Gasteiger partial charge in [-0.05, 0) is 47.7 Å². The zero-order chi connectivity index (χ0) is 17.6. The molecule has 0 amide bonds. The number of hydrogen-bond donors (Lipinski definition) is 1. The summed E-state index contributed by atoms with van der Waals surface area (Å²) >= 11 is 10.0. The van der Waals surface area contributed by atoms with Gasteiger partial charge in [-0.3, -0.25) is 0 Å². The first-order valence-electron chi connectivity index (χ1n) is 8.19. The van der Waals surface area contributed by atoms with Gasteiger partial charge < -0.3 is 10.1 Å². The van der Waals surface area contributed by atoms with E-state index < -0.39 is 0 Å². The van der Waals surface area contributed by atoms with Gasteiger partial charge in [0.15, 0.2) is 0 Å². The second kappa shape index (κ2) is 6.50. The molecule has 0 radical (unpaired) electrons. The lowest BCUT2D eigenvalue weighted by Gasteiger charge is -2.38. The molecule has 3 nitrogen and oxygen atoms in total. The van der Waals surface area contributed by atoms with E-state index in [2.05, 4.69) is 45.5 Å². The van der Waals surface area contributed by atoms with Crippen LogP contribution in [-0.4, -0.2) is 13.1 Å². The lowest BCUT2D eigenvalue weighted by Crippen LogP contribution is -2.30. The smallest absolute Gasteiger partial charge is 0.338 e. The minimum atomic E-state index is -0.324. The largest absolute Gasteiger partial charge is 0.465 e. The van der Waals surface area contributed by atoms with Gasteiger partial charge in [0, 0.05) is 10.4 Å². The number of allylic oxidation sites excluding steroid dienone is 2. The number of esters is 1. The van der Waals surface area contributed by atoms with Crippen molar-refractivity contribution in [2.24, 2.45) is 5.92 Å². The average molecular weight is 419 g/mol. The first-order chi connectivity index (χ1) is 12.1. The van der Waals surface area contributed by atoms with E-state index in [0.29, 0.717) is 16.5 Å². The van der Waals surface area contributed by atoms with E-state index in [-0.39, 0.29) is 17.9 Å². The number of carbonyl (C=O) groups is 1. The van der Waals surface area contributed by atoms with Gasteiger partial charge in [-0.2, -0.15) is 0 Å². The lowest BCUT2D eigenvalue weighted by atomic mass is 9.75. The van der Waals surface area contributed by atoms with Crippen LogP contribution in [0.15, 0.2) is 53.0 Å². The molecule has 1 aliphatic heterocycles. The summed E-state index contributed by atoms with van der Waals surface area (Å²) in [6.45, 7) is 0. The molecule has 0 spiro atoms. The molecule has 0 aromatic heterocycles. The van der Waals surface area contributed by atoms with Gasteiger partial charge in [0.25, 0.3) is 0 Å². The molecule has 0 bridgehead atoms. The van der Waals surface area contributed by atoms with Crippen LogP contribution < -0.4 is 5.32 Å². The van der Waals surface area contributed by atoms with Crippen molar-refractivity contribution in [3.8, 4) is 0 Å². The van der Waals surface area contributed by atoms with Gasteiger partial charge in [0.05, 0.1) is 29.4 Å². The van der Waals surface area contributed by atoms with Crippen LogP contribution in [0.25, 0.3) is 0 Å². The molecule has 5 heteroatoms. The number of hydrogen-bond acceptors (Lipinski definition) is 3. The van der Waals surface area contributed by atoms with E-state index in [1.165, 1.54) is 12.7 Å². The molecule has 2 aromatic rings. The molecular formula is C20H17BrClNO2. The Morgan fingerprint density at radius 2 is 2.16 bits per heavy atom. The molecular weight excluding hydrogens is 402 g/mol. The maximum atomic E-state index is 12.3. The van der Waals surface area contributed by atoms with Gasteiger partial charge in [0.2, 0.25) is 0 Å². The third-order valence-electron chi connectivity index (χ3n) is 5.08. The molecule has 1 aliphatic carbocycles. The Bertz CT molecular complexity index is 880. The Morgan fingerprint density at radius 3 is 2.92 bits per heavy atom. The van der Waals surface area contributed by atoms with Crippen molar-refractivity contribution in [2.45, 2.75) is 18.4 Å². The fraction of sp³-hybridized carbons (Fsp3) is 0.250. The van der Waals surface area contributed by atoms with Crippen LogP contribution >= 0.6 is 27.5 Å². The molecule has 0 unspecified atom stereocenters. The Kier molecular flexibility index (Phi) is 4.34. The standard InChI is InChI=1S/C20H17BrClNO2/c1-25-20(24)15-8-9-16(22)19-17(15)13-6-3-7-14(13)18(23-19)11-4-2-5-12(21)10-11/h2-6,8-10,13-14,18,23H,7H2,1H3/t13-,14+,18-/m1/s1. The van der Waals surface area contributed by atoms with Gasteiger partial charge in [-0.1, -0.05) is 51.8 Å². The van der Waals surface area contributed by atoms with E-state index >= 15 is 0 Å². The Morgan fingerprint density at radius 1 is 1.32 bits per heavy atom. The fourth-order valence-electron chi connectivity index (χ4n) is 3.99. The number of anilines is 1. The quantitative estimate of drug-likeness (QED) is 0.501. The number of rotatable bonds is 2. The summed E-state index contributed by atoms with van der Waals surface area (Å²) in [5.41, 5.74) is 3.58. The van der Waals surface area contributed by atoms with E-state index in [1.54, 1.807) is 12.1 Å². The second-order valence-electron chi connectivity index (χ2n) is 6.41. The Balaban J connectivity index is 1.87. The highest BCUT2D eigenvalue weighted by molar-refractivity contribution is 9.10. The van der Waals surface area contributed by atoms with E-state index in [9.17, 15) is 4.79 Å². The summed E-state index contributed by atoms with van der Waals surface area (Å²) in [5.74, 6) is 0.159. The molecule has 0 saturated carbocycles. The monoisotopic (exact) mass is 417 g/mol. The van der Waals surface area contributed by atoms with E-state index in [4.69, 9.17) is 16.3 Å². The predicted molar refractivity (Wildman–Crippen MR) is 103 cm³/mol. The molecule has 2 aliphatic rings. The summed E-state index contributed by atoms with van der Waals surface area (Å²) < 4.78 is 6.03. The van der Waals surface area contributed by atoms with Crippen LogP contribution in [0, 0.1) is 5.92 Å². The second-order valence-corrected chi connectivity index (χ2v) is 7.73. The number of halogens is 2. The normalized spacial score (nSPS) is 23.6. The summed E-state index contributed by atoms with van der Waals surface area (Å²) in [4.78, 5) is 12.3. The van der Waals surface area contributed by atoms with Crippen molar-refractivity contribution in [2.75, 3.05) is 12.4 Å². The molecule has 1 N–H and O–H groups in total. The van der Waals surface area contributed by atoms with E-state index in [1.807, 2.05) is 12.1 Å². The molecule has 1 heterocycles. The third kappa shape index (κ3) is 2.77. The van der Waals surface area contributed by atoms with Crippen LogP contribution in [0.3, 0.4) is 0 Å². The minimum absolute atomic E-state index is 0.135. The molecule has 128 valence electrons. The molecule has 4 rings (SSSR count). The summed E-state index contributed by atoms with van der Waals surface area (Å²) in [5, 5.41) is 4.23. The molecule has 2 aromatic carbocycles. The molecule has 25 heavy (non-hydrogen) atoms. The van der Waals surface area contributed by atoms with Crippen molar-refractivity contribution in [3.63, 3.8) is 0 Å². The third-order valence-corrected chi connectivity index (χ3v) is 5.89. The Hall–Kier alpha value is -1.78. The average Bonchev–Trinajstić information content (AvgIpc) is 3.10. The Labute approximate surface area is 160 Å². The van der Waals surface area contributed by atoms with Crippen LogP contribution in [0.5, 0.6) is 0 Å². The van der Waals surface area contributed by atoms with Gasteiger partial charge in [0.1, 0.15) is 0 Å². The molecule has 0 fully saturated rings. The maximum Gasteiger partial charge on any atom is 0.338 e. The van der Waals surface area contributed by atoms with Crippen LogP contribution in [0.4, 0.5) is 5.69 Å². The highest BCUT2D eigenvalue weighted by Crippen LogP contribution is 2.52. The first-order valence-corrected chi connectivity index (χ1v) is 9.36. The molecule has 3 atom stereocenters. The van der Waals surface area contributed by atoms with Crippen molar-refractivity contribution in [3.05, 3.63) is 74.7 Å². The van der Waals surface area contributed by atoms with Gasteiger partial charge in [-0.15, -0.1) is 0 Å². The number of ether oxygens (including phenoxy) is 1. The maximum absolute atomic E-state index is 12.3. The van der Waals surface area contributed by atoms with Gasteiger partial charge >= 0.3 is 5.97 Å². The fourth-order valence-corrected chi connectivity index (χ4v) is 4.63. The number of methoxy groups -OCH3 is 1. The van der Waals surface area contributed by atoms with E-state index in [0.717, 1.165) is 22.1 Å². The minimum Gasteiger partial charge on any atom is -0.465 e. The van der Waals surface area contributed by atoms with Crippen molar-refractivity contribution < 1.29 is 9.53 Å². The lowest BCUT2D eigenvalue weighted by molar-refractivity contribution is 0.0598. The highest BCUT2D eigenvalue weighted by Gasteiger charge is 2.41. The van der Waals surface area contributed by atoms with Gasteiger partial charge in [-0.25, -0.2) is 4.79 Å². The first kappa shape index (κ1) is 16.7. The van der Waals surface area contributed by atoms with Crippen molar-refractivity contribution in [1.82, 2.24) is 0 Å². The zero-order valence-corrected chi connectivity index (χ0v) is 16.0. The zero-order valence-electron chi connectivity index (χ0n) is 13.6. The topological polar surface area (TPSA) is 38.3 Å².